The third-order valence-electron chi connectivity index (χ3n) is 2.92. The molecule has 0 aromatic heterocycles. The quantitative estimate of drug-likeness (QED) is 0.752. The van der Waals surface area contributed by atoms with Crippen LogP contribution in [-0.4, -0.2) is 24.4 Å². The first-order valence-electron chi connectivity index (χ1n) is 6.33. The van der Waals surface area contributed by atoms with E-state index in [0.29, 0.717) is 17.7 Å². The van der Waals surface area contributed by atoms with Gasteiger partial charge < -0.3 is 16.4 Å². The van der Waals surface area contributed by atoms with Crippen LogP contribution in [0.15, 0.2) is 24.3 Å². The lowest BCUT2D eigenvalue weighted by Crippen LogP contribution is -2.48. The summed E-state index contributed by atoms with van der Waals surface area (Å²) in [6.07, 6.45) is 1.46. The van der Waals surface area contributed by atoms with Crippen LogP contribution in [0.25, 0.3) is 0 Å². The zero-order chi connectivity index (χ0) is 14.5. The molecule has 0 saturated heterocycles. The molecule has 0 bridgehead atoms. The number of hydrogen-bond acceptors (Lipinski definition) is 3. The van der Waals surface area contributed by atoms with Gasteiger partial charge >= 0.3 is 0 Å². The highest BCUT2D eigenvalue weighted by molar-refractivity contribution is 5.98. The lowest BCUT2D eigenvalue weighted by molar-refractivity contribution is -0.120. The summed E-state index contributed by atoms with van der Waals surface area (Å²) in [5.74, 6) is -0.380. The average Bonchev–Trinajstić information content (AvgIpc) is 2.38. The molecule has 0 fully saturated rings. The highest BCUT2D eigenvalue weighted by atomic mass is 16.2. The molecule has 104 valence electrons. The van der Waals surface area contributed by atoms with Crippen LogP contribution in [0, 0.1) is 0 Å². The number of amides is 2. The molecule has 0 aliphatic rings. The Hall–Kier alpha value is -1.88. The van der Waals surface area contributed by atoms with Crippen molar-refractivity contribution in [2.24, 2.45) is 5.73 Å². The van der Waals surface area contributed by atoms with Gasteiger partial charge in [0, 0.05) is 18.3 Å². The van der Waals surface area contributed by atoms with E-state index in [1.54, 1.807) is 38.2 Å². The third kappa shape index (κ3) is 4.06. The van der Waals surface area contributed by atoms with Gasteiger partial charge in [0.25, 0.3) is 5.91 Å². The van der Waals surface area contributed by atoms with Crippen molar-refractivity contribution in [3.63, 3.8) is 0 Å². The predicted octanol–water partition coefficient (Wildman–Crippen LogP) is 1.50. The van der Waals surface area contributed by atoms with Gasteiger partial charge in [0.2, 0.25) is 5.91 Å². The van der Waals surface area contributed by atoms with E-state index in [2.05, 4.69) is 10.6 Å². The number of nitrogens with two attached hydrogens (primary N) is 1. The van der Waals surface area contributed by atoms with Crippen molar-refractivity contribution in [3.8, 4) is 0 Å². The van der Waals surface area contributed by atoms with Crippen molar-refractivity contribution in [2.45, 2.75) is 32.2 Å². The number of benzene rings is 1. The largest absolute Gasteiger partial charge is 0.355 e. The monoisotopic (exact) mass is 263 g/mol. The SMILES string of the molecule is CCCC(C)(N)C(=O)Nc1ccc(C(=O)NC)cc1. The van der Waals surface area contributed by atoms with Crippen molar-refractivity contribution in [3.05, 3.63) is 29.8 Å². The van der Waals surface area contributed by atoms with Crippen LogP contribution in [-0.2, 0) is 4.79 Å². The minimum absolute atomic E-state index is 0.160. The van der Waals surface area contributed by atoms with Gasteiger partial charge in [0.15, 0.2) is 0 Å². The van der Waals surface area contributed by atoms with E-state index in [4.69, 9.17) is 5.73 Å². The molecular formula is C14H21N3O2. The Morgan fingerprint density at radius 2 is 1.84 bits per heavy atom. The van der Waals surface area contributed by atoms with Crippen LogP contribution >= 0.6 is 0 Å². The molecule has 1 rings (SSSR count). The number of carbonyl (C=O) groups is 2. The zero-order valence-electron chi connectivity index (χ0n) is 11.6. The Morgan fingerprint density at radius 1 is 1.26 bits per heavy atom. The number of hydrogen-bond donors (Lipinski definition) is 3. The molecule has 1 atom stereocenters. The van der Waals surface area contributed by atoms with Crippen LogP contribution < -0.4 is 16.4 Å². The second kappa shape index (κ2) is 6.33. The van der Waals surface area contributed by atoms with Crippen LogP contribution in [0.3, 0.4) is 0 Å². The van der Waals surface area contributed by atoms with Gasteiger partial charge in [0.05, 0.1) is 5.54 Å². The summed E-state index contributed by atoms with van der Waals surface area (Å²) in [6, 6.07) is 6.68. The van der Waals surface area contributed by atoms with Gasteiger partial charge in [-0.2, -0.15) is 0 Å². The van der Waals surface area contributed by atoms with Gasteiger partial charge in [0.1, 0.15) is 0 Å². The molecule has 5 heteroatoms. The Bertz CT molecular complexity index is 452. The van der Waals surface area contributed by atoms with E-state index >= 15 is 0 Å². The summed E-state index contributed by atoms with van der Waals surface area (Å²) >= 11 is 0. The Kier molecular flexibility index (Phi) is 5.06. The van der Waals surface area contributed by atoms with Crippen LogP contribution in [0.1, 0.15) is 37.0 Å². The van der Waals surface area contributed by atoms with E-state index in [1.807, 2.05) is 6.92 Å². The summed E-state index contributed by atoms with van der Waals surface area (Å²) in [5, 5.41) is 5.29. The second-order valence-electron chi connectivity index (χ2n) is 4.78. The molecule has 1 aromatic rings. The normalized spacial score (nSPS) is 13.5. The highest BCUT2D eigenvalue weighted by Gasteiger charge is 2.27. The zero-order valence-corrected chi connectivity index (χ0v) is 11.6. The fourth-order valence-corrected chi connectivity index (χ4v) is 1.76. The van der Waals surface area contributed by atoms with E-state index in [1.165, 1.54) is 0 Å². The Balaban J connectivity index is 2.73. The van der Waals surface area contributed by atoms with Crippen LogP contribution in [0.5, 0.6) is 0 Å². The van der Waals surface area contributed by atoms with Gasteiger partial charge in [-0.25, -0.2) is 0 Å². The lowest BCUT2D eigenvalue weighted by atomic mass is 9.96. The second-order valence-corrected chi connectivity index (χ2v) is 4.78. The number of rotatable bonds is 5. The van der Waals surface area contributed by atoms with Gasteiger partial charge in [-0.3, -0.25) is 9.59 Å². The van der Waals surface area contributed by atoms with E-state index in [0.717, 1.165) is 6.42 Å². The van der Waals surface area contributed by atoms with Crippen molar-refractivity contribution in [2.75, 3.05) is 12.4 Å². The minimum Gasteiger partial charge on any atom is -0.355 e. The van der Waals surface area contributed by atoms with Crippen molar-refractivity contribution >= 4 is 17.5 Å². The van der Waals surface area contributed by atoms with Gasteiger partial charge in [-0.15, -0.1) is 0 Å². The molecule has 1 aromatic carbocycles. The molecule has 0 heterocycles. The fourth-order valence-electron chi connectivity index (χ4n) is 1.76. The third-order valence-corrected chi connectivity index (χ3v) is 2.92. The molecule has 2 amide bonds. The lowest BCUT2D eigenvalue weighted by Gasteiger charge is -2.22. The summed E-state index contributed by atoms with van der Waals surface area (Å²) in [6.45, 7) is 3.70. The maximum atomic E-state index is 12.0. The molecule has 0 aliphatic heterocycles. The summed E-state index contributed by atoms with van der Waals surface area (Å²) in [4.78, 5) is 23.4. The van der Waals surface area contributed by atoms with Crippen molar-refractivity contribution in [1.82, 2.24) is 5.32 Å². The van der Waals surface area contributed by atoms with E-state index < -0.39 is 5.54 Å². The maximum absolute atomic E-state index is 12.0. The standard InChI is InChI=1S/C14H21N3O2/c1-4-9-14(2,15)13(19)17-11-7-5-10(6-8-11)12(18)16-3/h5-8H,4,9,15H2,1-3H3,(H,16,18)(H,17,19). The molecule has 0 saturated carbocycles. The first-order chi connectivity index (χ1) is 8.90. The highest BCUT2D eigenvalue weighted by Crippen LogP contribution is 2.14. The number of nitrogens with one attached hydrogen (secondary N) is 2. The molecule has 19 heavy (non-hydrogen) atoms. The topological polar surface area (TPSA) is 84.2 Å². The molecule has 0 radical (unpaired) electrons. The van der Waals surface area contributed by atoms with Gasteiger partial charge in [-0.05, 0) is 37.6 Å². The van der Waals surface area contributed by atoms with E-state index in [9.17, 15) is 9.59 Å². The first-order valence-corrected chi connectivity index (χ1v) is 6.33. The number of carbonyl (C=O) groups excluding carboxylic acids is 2. The minimum atomic E-state index is -0.881. The molecule has 1 unspecified atom stereocenters. The summed E-state index contributed by atoms with van der Waals surface area (Å²) < 4.78 is 0. The molecule has 0 spiro atoms. The molecule has 4 N–H and O–H groups in total. The fraction of sp³-hybridized carbons (Fsp3) is 0.429. The van der Waals surface area contributed by atoms with Crippen molar-refractivity contribution in [1.29, 1.82) is 0 Å². The van der Waals surface area contributed by atoms with Crippen molar-refractivity contribution < 1.29 is 9.59 Å². The molecular weight excluding hydrogens is 242 g/mol. The predicted molar refractivity (Wildman–Crippen MR) is 76.0 cm³/mol. The first kappa shape index (κ1) is 15.2. The smallest absolute Gasteiger partial charge is 0.251 e. The Labute approximate surface area is 113 Å². The average molecular weight is 263 g/mol. The summed E-state index contributed by atoms with van der Waals surface area (Å²) in [7, 11) is 1.57. The molecule has 0 aliphatic carbocycles. The Morgan fingerprint density at radius 3 is 2.32 bits per heavy atom. The van der Waals surface area contributed by atoms with E-state index in [-0.39, 0.29) is 11.8 Å². The van der Waals surface area contributed by atoms with Crippen LogP contribution in [0.4, 0.5) is 5.69 Å². The van der Waals surface area contributed by atoms with Gasteiger partial charge in [-0.1, -0.05) is 13.3 Å². The molecule has 5 nitrogen and oxygen atoms in total. The van der Waals surface area contributed by atoms with Crippen LogP contribution in [0.2, 0.25) is 0 Å². The maximum Gasteiger partial charge on any atom is 0.251 e. The number of anilines is 1. The summed E-state index contributed by atoms with van der Waals surface area (Å²) in [5.41, 5.74) is 6.24.